The van der Waals surface area contributed by atoms with Gasteiger partial charge in [-0.05, 0) is 58.2 Å². The van der Waals surface area contributed by atoms with E-state index in [1.807, 2.05) is 0 Å². The average molecular weight is 196 g/mol. The summed E-state index contributed by atoms with van der Waals surface area (Å²) in [4.78, 5) is 2.44. The third-order valence-corrected chi connectivity index (χ3v) is 3.88. The van der Waals surface area contributed by atoms with Gasteiger partial charge in [0.05, 0.1) is 0 Å². The van der Waals surface area contributed by atoms with Crippen LogP contribution in [-0.4, -0.2) is 37.1 Å². The van der Waals surface area contributed by atoms with E-state index in [1.165, 1.54) is 45.2 Å². The molecule has 0 amide bonds. The van der Waals surface area contributed by atoms with Crippen LogP contribution in [0.25, 0.3) is 0 Å². The Bertz CT molecular complexity index is 173. The highest BCUT2D eigenvalue weighted by atomic mass is 15.1. The molecule has 0 bridgehead atoms. The van der Waals surface area contributed by atoms with Crippen LogP contribution in [0, 0.1) is 5.92 Å². The van der Waals surface area contributed by atoms with Crippen LogP contribution < -0.4 is 5.32 Å². The van der Waals surface area contributed by atoms with Gasteiger partial charge in [-0.3, -0.25) is 0 Å². The van der Waals surface area contributed by atoms with E-state index in [4.69, 9.17) is 0 Å². The van der Waals surface area contributed by atoms with Crippen molar-refractivity contribution in [1.82, 2.24) is 10.2 Å². The molecule has 0 aromatic heterocycles. The SMILES string of the molecule is C[C@@H]1CC[C@@H](NC2CCN(C)CC2)C1. The van der Waals surface area contributed by atoms with E-state index in [-0.39, 0.29) is 0 Å². The van der Waals surface area contributed by atoms with Crippen LogP contribution in [0.2, 0.25) is 0 Å². The lowest BCUT2D eigenvalue weighted by Crippen LogP contribution is -2.44. The van der Waals surface area contributed by atoms with E-state index in [9.17, 15) is 0 Å². The first-order valence-corrected chi connectivity index (χ1v) is 6.18. The van der Waals surface area contributed by atoms with Crippen LogP contribution in [0.1, 0.15) is 39.0 Å². The van der Waals surface area contributed by atoms with Crippen LogP contribution in [-0.2, 0) is 0 Å². The van der Waals surface area contributed by atoms with Gasteiger partial charge in [0, 0.05) is 12.1 Å². The first-order valence-electron chi connectivity index (χ1n) is 6.18. The van der Waals surface area contributed by atoms with Crippen LogP contribution in [0.3, 0.4) is 0 Å². The molecule has 1 saturated heterocycles. The van der Waals surface area contributed by atoms with Crippen molar-refractivity contribution < 1.29 is 0 Å². The number of nitrogens with one attached hydrogen (secondary N) is 1. The van der Waals surface area contributed by atoms with E-state index < -0.39 is 0 Å². The van der Waals surface area contributed by atoms with Crippen LogP contribution in [0.15, 0.2) is 0 Å². The summed E-state index contributed by atoms with van der Waals surface area (Å²) in [5.74, 6) is 0.957. The maximum atomic E-state index is 3.84. The number of piperidine rings is 1. The van der Waals surface area contributed by atoms with E-state index in [2.05, 4.69) is 24.2 Å². The molecule has 2 fully saturated rings. The second kappa shape index (κ2) is 4.63. The van der Waals surface area contributed by atoms with Crippen molar-refractivity contribution >= 4 is 0 Å². The minimum Gasteiger partial charge on any atom is -0.311 e. The van der Waals surface area contributed by atoms with Gasteiger partial charge in [-0.1, -0.05) is 6.92 Å². The topological polar surface area (TPSA) is 15.3 Å². The molecule has 0 spiro atoms. The highest BCUT2D eigenvalue weighted by Crippen LogP contribution is 2.25. The largest absolute Gasteiger partial charge is 0.311 e. The van der Waals surface area contributed by atoms with Gasteiger partial charge in [-0.15, -0.1) is 0 Å². The van der Waals surface area contributed by atoms with Gasteiger partial charge in [0.1, 0.15) is 0 Å². The molecule has 0 unspecified atom stereocenters. The molecule has 1 heterocycles. The Morgan fingerprint density at radius 3 is 2.29 bits per heavy atom. The Balaban J connectivity index is 1.70. The lowest BCUT2D eigenvalue weighted by atomic mass is 10.0. The number of hydrogen-bond donors (Lipinski definition) is 1. The molecule has 0 radical (unpaired) electrons. The van der Waals surface area contributed by atoms with Crippen molar-refractivity contribution in [1.29, 1.82) is 0 Å². The molecule has 1 saturated carbocycles. The lowest BCUT2D eigenvalue weighted by Gasteiger charge is -2.31. The Morgan fingerprint density at radius 2 is 1.71 bits per heavy atom. The standard InChI is InChI=1S/C12H24N2/c1-10-3-4-12(9-10)13-11-5-7-14(2)8-6-11/h10-13H,3-9H2,1-2H3/t10-,12-/m1/s1. The second-order valence-electron chi connectivity index (χ2n) is 5.36. The smallest absolute Gasteiger partial charge is 0.00939 e. The molecule has 2 heteroatoms. The molecule has 1 aliphatic heterocycles. The number of hydrogen-bond acceptors (Lipinski definition) is 2. The summed E-state index contributed by atoms with van der Waals surface area (Å²) in [5, 5.41) is 3.84. The second-order valence-corrected chi connectivity index (χ2v) is 5.36. The molecular formula is C12H24N2. The van der Waals surface area contributed by atoms with Crippen molar-refractivity contribution in [3.05, 3.63) is 0 Å². The predicted molar refractivity (Wildman–Crippen MR) is 60.5 cm³/mol. The molecule has 1 aliphatic carbocycles. The third-order valence-electron chi connectivity index (χ3n) is 3.88. The van der Waals surface area contributed by atoms with Crippen LogP contribution in [0.4, 0.5) is 0 Å². The Labute approximate surface area is 88.1 Å². The Hall–Kier alpha value is -0.0800. The zero-order valence-corrected chi connectivity index (χ0v) is 9.63. The minimum atomic E-state index is 0.807. The molecular weight excluding hydrogens is 172 g/mol. The molecule has 0 aromatic rings. The fourth-order valence-corrected chi connectivity index (χ4v) is 2.87. The highest BCUT2D eigenvalue weighted by Gasteiger charge is 2.25. The quantitative estimate of drug-likeness (QED) is 0.725. The summed E-state index contributed by atoms with van der Waals surface area (Å²) in [6.45, 7) is 4.94. The summed E-state index contributed by atoms with van der Waals surface area (Å²) < 4.78 is 0. The van der Waals surface area contributed by atoms with Gasteiger partial charge < -0.3 is 10.2 Å². The van der Waals surface area contributed by atoms with Gasteiger partial charge in [0.2, 0.25) is 0 Å². The fourth-order valence-electron chi connectivity index (χ4n) is 2.87. The molecule has 0 aromatic carbocycles. The van der Waals surface area contributed by atoms with Crippen molar-refractivity contribution in [3.8, 4) is 0 Å². The van der Waals surface area contributed by atoms with Crippen molar-refractivity contribution in [2.24, 2.45) is 5.92 Å². The highest BCUT2D eigenvalue weighted by molar-refractivity contribution is 4.84. The van der Waals surface area contributed by atoms with E-state index in [0.717, 1.165) is 18.0 Å². The molecule has 2 atom stereocenters. The normalized spacial score (nSPS) is 36.4. The van der Waals surface area contributed by atoms with Crippen LogP contribution in [0.5, 0.6) is 0 Å². The van der Waals surface area contributed by atoms with E-state index in [1.54, 1.807) is 0 Å². The summed E-state index contributed by atoms with van der Waals surface area (Å²) in [6, 6.07) is 1.64. The monoisotopic (exact) mass is 196 g/mol. The summed E-state index contributed by atoms with van der Waals surface area (Å²) in [6.07, 6.45) is 6.95. The zero-order chi connectivity index (χ0) is 9.97. The first kappa shape index (κ1) is 10.4. The number of nitrogens with zero attached hydrogens (tertiary/aromatic N) is 1. The fraction of sp³-hybridized carbons (Fsp3) is 1.00. The van der Waals surface area contributed by atoms with E-state index in [0.29, 0.717) is 0 Å². The predicted octanol–water partition coefficient (Wildman–Crippen LogP) is 1.86. The van der Waals surface area contributed by atoms with Gasteiger partial charge in [-0.2, -0.15) is 0 Å². The van der Waals surface area contributed by atoms with Gasteiger partial charge in [0.25, 0.3) is 0 Å². The molecule has 2 nitrogen and oxygen atoms in total. The van der Waals surface area contributed by atoms with Gasteiger partial charge in [0.15, 0.2) is 0 Å². The molecule has 2 aliphatic rings. The summed E-state index contributed by atoms with van der Waals surface area (Å²) in [7, 11) is 2.23. The Kier molecular flexibility index (Phi) is 3.45. The maximum absolute atomic E-state index is 3.84. The number of likely N-dealkylation sites (tertiary alicyclic amines) is 1. The first-order chi connectivity index (χ1) is 6.74. The zero-order valence-electron chi connectivity index (χ0n) is 9.63. The maximum Gasteiger partial charge on any atom is 0.00939 e. The van der Waals surface area contributed by atoms with Crippen LogP contribution >= 0.6 is 0 Å². The van der Waals surface area contributed by atoms with Crippen molar-refractivity contribution in [3.63, 3.8) is 0 Å². The number of rotatable bonds is 2. The summed E-state index contributed by atoms with van der Waals surface area (Å²) >= 11 is 0. The minimum absolute atomic E-state index is 0.807. The third kappa shape index (κ3) is 2.71. The van der Waals surface area contributed by atoms with Gasteiger partial charge in [-0.25, -0.2) is 0 Å². The molecule has 2 rings (SSSR count). The molecule has 14 heavy (non-hydrogen) atoms. The van der Waals surface area contributed by atoms with Crippen molar-refractivity contribution in [2.75, 3.05) is 20.1 Å². The molecule has 82 valence electrons. The lowest BCUT2D eigenvalue weighted by molar-refractivity contribution is 0.224. The van der Waals surface area contributed by atoms with Gasteiger partial charge >= 0.3 is 0 Å². The van der Waals surface area contributed by atoms with E-state index >= 15 is 0 Å². The summed E-state index contributed by atoms with van der Waals surface area (Å²) in [5.41, 5.74) is 0. The Morgan fingerprint density at radius 1 is 1.00 bits per heavy atom. The van der Waals surface area contributed by atoms with Crippen molar-refractivity contribution in [2.45, 2.75) is 51.1 Å². The molecule has 1 N–H and O–H groups in total. The average Bonchev–Trinajstić information content (AvgIpc) is 2.56.